The van der Waals surface area contributed by atoms with Crippen LogP contribution in [0, 0.1) is 0 Å². The summed E-state index contributed by atoms with van der Waals surface area (Å²) in [5, 5.41) is 11.6. The molecule has 2 aromatic rings. The van der Waals surface area contributed by atoms with Crippen LogP contribution in [0.5, 0.6) is 0 Å². The van der Waals surface area contributed by atoms with Crippen molar-refractivity contribution in [2.75, 3.05) is 6.54 Å². The van der Waals surface area contributed by atoms with Gasteiger partial charge in [-0.1, -0.05) is 12.1 Å². The number of amides is 1. The van der Waals surface area contributed by atoms with Gasteiger partial charge in [0.2, 0.25) is 0 Å². The summed E-state index contributed by atoms with van der Waals surface area (Å²) in [6, 6.07) is 6.64. The number of carboxylic acid groups (broad SMARTS) is 1. The van der Waals surface area contributed by atoms with E-state index in [1.54, 1.807) is 12.1 Å². The molecule has 2 N–H and O–H groups in total. The zero-order valence-corrected chi connectivity index (χ0v) is 10.7. The molecule has 0 aliphatic carbocycles. The predicted molar refractivity (Wildman–Crippen MR) is 69.3 cm³/mol. The van der Waals surface area contributed by atoms with Crippen molar-refractivity contribution in [3.8, 4) is 0 Å². The van der Waals surface area contributed by atoms with E-state index in [0.717, 1.165) is 17.3 Å². The summed E-state index contributed by atoms with van der Waals surface area (Å²) < 4.78 is 7.56. The van der Waals surface area contributed by atoms with Gasteiger partial charge in [-0.2, -0.15) is 8.75 Å². The highest BCUT2D eigenvalue weighted by Crippen LogP contribution is 2.05. The Kier molecular flexibility index (Phi) is 4.19. The SMILES string of the molecule is O=C(O)c1cccc(CCNC(=O)c2cnsn2)c1. The number of hydrogen-bond acceptors (Lipinski definition) is 5. The summed E-state index contributed by atoms with van der Waals surface area (Å²) in [7, 11) is 0. The maximum absolute atomic E-state index is 11.6. The first-order valence-electron chi connectivity index (χ1n) is 5.55. The molecule has 0 aliphatic heterocycles. The van der Waals surface area contributed by atoms with Crippen LogP contribution >= 0.6 is 11.7 Å². The normalized spacial score (nSPS) is 10.1. The van der Waals surface area contributed by atoms with E-state index in [1.165, 1.54) is 12.3 Å². The summed E-state index contributed by atoms with van der Waals surface area (Å²) in [6.07, 6.45) is 1.97. The third-order valence-corrected chi connectivity index (χ3v) is 2.95. The lowest BCUT2D eigenvalue weighted by Crippen LogP contribution is -2.25. The van der Waals surface area contributed by atoms with Crippen LogP contribution in [-0.4, -0.2) is 32.3 Å². The zero-order chi connectivity index (χ0) is 13.7. The van der Waals surface area contributed by atoms with Crippen LogP contribution in [0.15, 0.2) is 30.5 Å². The van der Waals surface area contributed by atoms with Crippen LogP contribution in [0.3, 0.4) is 0 Å². The summed E-state index contributed by atoms with van der Waals surface area (Å²) >= 11 is 0.977. The minimum atomic E-state index is -0.959. The molecule has 0 saturated carbocycles. The van der Waals surface area contributed by atoms with Gasteiger partial charge < -0.3 is 10.4 Å². The van der Waals surface area contributed by atoms with Crippen LogP contribution < -0.4 is 5.32 Å². The predicted octanol–water partition coefficient (Wildman–Crippen LogP) is 1.21. The summed E-state index contributed by atoms with van der Waals surface area (Å²) in [5.41, 5.74) is 1.40. The molecule has 6 nitrogen and oxygen atoms in total. The van der Waals surface area contributed by atoms with E-state index < -0.39 is 5.97 Å². The molecule has 0 radical (unpaired) electrons. The van der Waals surface area contributed by atoms with Gasteiger partial charge in [-0.15, -0.1) is 0 Å². The van der Waals surface area contributed by atoms with Gasteiger partial charge in [0.1, 0.15) is 0 Å². The number of carbonyl (C=O) groups excluding carboxylic acids is 1. The van der Waals surface area contributed by atoms with Gasteiger partial charge >= 0.3 is 5.97 Å². The smallest absolute Gasteiger partial charge is 0.335 e. The van der Waals surface area contributed by atoms with Crippen LogP contribution in [0.2, 0.25) is 0 Å². The average Bonchev–Trinajstić information content (AvgIpc) is 2.93. The lowest BCUT2D eigenvalue weighted by molar-refractivity contribution is 0.0696. The highest BCUT2D eigenvalue weighted by Gasteiger charge is 2.08. The Morgan fingerprint density at radius 3 is 2.89 bits per heavy atom. The third kappa shape index (κ3) is 3.59. The van der Waals surface area contributed by atoms with E-state index in [-0.39, 0.29) is 11.5 Å². The van der Waals surface area contributed by atoms with Crippen molar-refractivity contribution in [2.45, 2.75) is 6.42 Å². The summed E-state index contributed by atoms with van der Waals surface area (Å²) in [5.74, 6) is -1.23. The Morgan fingerprint density at radius 2 is 2.21 bits per heavy atom. The van der Waals surface area contributed by atoms with Gasteiger partial charge in [0.15, 0.2) is 5.69 Å². The van der Waals surface area contributed by atoms with Crippen molar-refractivity contribution >= 4 is 23.6 Å². The minimum absolute atomic E-state index is 0.243. The van der Waals surface area contributed by atoms with E-state index >= 15 is 0 Å². The molecule has 7 heteroatoms. The molecule has 2 rings (SSSR count). The monoisotopic (exact) mass is 277 g/mol. The van der Waals surface area contributed by atoms with Crippen molar-refractivity contribution in [3.63, 3.8) is 0 Å². The lowest BCUT2D eigenvalue weighted by atomic mass is 10.1. The number of aromatic carboxylic acids is 1. The Hall–Kier alpha value is -2.28. The molecule has 98 valence electrons. The van der Waals surface area contributed by atoms with Crippen LogP contribution in [0.25, 0.3) is 0 Å². The zero-order valence-electron chi connectivity index (χ0n) is 9.87. The highest BCUT2D eigenvalue weighted by molar-refractivity contribution is 6.99. The fourth-order valence-electron chi connectivity index (χ4n) is 1.54. The van der Waals surface area contributed by atoms with Crippen LogP contribution in [-0.2, 0) is 6.42 Å². The van der Waals surface area contributed by atoms with Crippen molar-refractivity contribution in [1.29, 1.82) is 0 Å². The van der Waals surface area contributed by atoms with Gasteiger partial charge in [0.25, 0.3) is 5.91 Å². The first-order valence-corrected chi connectivity index (χ1v) is 6.28. The largest absolute Gasteiger partial charge is 0.478 e. The molecule has 0 saturated heterocycles. The van der Waals surface area contributed by atoms with E-state index in [2.05, 4.69) is 14.1 Å². The molecule has 19 heavy (non-hydrogen) atoms. The second kappa shape index (κ2) is 6.05. The minimum Gasteiger partial charge on any atom is -0.478 e. The molecule has 1 aromatic carbocycles. The Balaban J connectivity index is 1.87. The van der Waals surface area contributed by atoms with Crippen molar-refractivity contribution in [1.82, 2.24) is 14.1 Å². The van der Waals surface area contributed by atoms with Gasteiger partial charge in [-0.25, -0.2) is 4.79 Å². The van der Waals surface area contributed by atoms with E-state index in [4.69, 9.17) is 5.11 Å². The molecular weight excluding hydrogens is 266 g/mol. The number of hydrogen-bond donors (Lipinski definition) is 2. The Labute approximate surface area is 113 Å². The van der Waals surface area contributed by atoms with Crippen LogP contribution in [0.1, 0.15) is 26.4 Å². The van der Waals surface area contributed by atoms with Crippen molar-refractivity contribution < 1.29 is 14.7 Å². The topological polar surface area (TPSA) is 92.2 Å². The molecular formula is C12H11N3O3S. The fourth-order valence-corrected chi connectivity index (χ4v) is 1.95. The van der Waals surface area contributed by atoms with Gasteiger partial charge in [0, 0.05) is 6.54 Å². The molecule has 0 bridgehead atoms. The Bertz CT molecular complexity index is 584. The summed E-state index contributed by atoms with van der Waals surface area (Å²) in [4.78, 5) is 22.4. The van der Waals surface area contributed by atoms with Crippen molar-refractivity contribution in [2.24, 2.45) is 0 Å². The van der Waals surface area contributed by atoms with E-state index in [9.17, 15) is 9.59 Å². The number of carboxylic acids is 1. The molecule has 0 atom stereocenters. The van der Waals surface area contributed by atoms with E-state index in [0.29, 0.717) is 18.7 Å². The molecule has 1 heterocycles. The standard InChI is InChI=1S/C12H11N3O3S/c16-11(10-7-14-19-15-10)13-5-4-8-2-1-3-9(6-8)12(17)18/h1-3,6-7H,4-5H2,(H,13,16)(H,17,18). The highest BCUT2D eigenvalue weighted by atomic mass is 32.1. The van der Waals surface area contributed by atoms with Gasteiger partial charge in [-0.05, 0) is 24.1 Å². The fraction of sp³-hybridized carbons (Fsp3) is 0.167. The van der Waals surface area contributed by atoms with Gasteiger partial charge in [-0.3, -0.25) is 4.79 Å². The second-order valence-electron chi connectivity index (χ2n) is 3.80. The molecule has 0 fully saturated rings. The van der Waals surface area contributed by atoms with E-state index in [1.807, 2.05) is 6.07 Å². The maximum atomic E-state index is 11.6. The molecule has 0 unspecified atom stereocenters. The maximum Gasteiger partial charge on any atom is 0.335 e. The first kappa shape index (κ1) is 13.2. The molecule has 1 aromatic heterocycles. The first-order chi connectivity index (χ1) is 9.16. The molecule has 0 spiro atoms. The van der Waals surface area contributed by atoms with Crippen LogP contribution in [0.4, 0.5) is 0 Å². The number of aromatic nitrogens is 2. The Morgan fingerprint density at radius 1 is 1.37 bits per heavy atom. The number of nitrogens with zero attached hydrogens (tertiary/aromatic N) is 2. The third-order valence-electron chi connectivity index (χ3n) is 2.47. The number of rotatable bonds is 5. The second-order valence-corrected chi connectivity index (χ2v) is 4.36. The van der Waals surface area contributed by atoms with Crippen molar-refractivity contribution in [3.05, 3.63) is 47.3 Å². The summed E-state index contributed by atoms with van der Waals surface area (Å²) in [6.45, 7) is 0.416. The number of carbonyl (C=O) groups is 2. The number of nitrogens with one attached hydrogen (secondary N) is 1. The molecule has 1 amide bonds. The van der Waals surface area contributed by atoms with Gasteiger partial charge in [0.05, 0.1) is 23.5 Å². The lowest BCUT2D eigenvalue weighted by Gasteiger charge is -2.04. The quantitative estimate of drug-likeness (QED) is 0.857. The molecule has 0 aliphatic rings. The average molecular weight is 277 g/mol. The number of benzene rings is 1.